The van der Waals surface area contributed by atoms with Crippen LogP contribution in [0.5, 0.6) is 0 Å². The molecule has 0 radical (unpaired) electrons. The van der Waals surface area contributed by atoms with Gasteiger partial charge in [-0.25, -0.2) is 0 Å². The summed E-state index contributed by atoms with van der Waals surface area (Å²) in [5.41, 5.74) is 0. The Morgan fingerprint density at radius 2 is 2.50 bits per heavy atom. The van der Waals surface area contributed by atoms with Crippen molar-refractivity contribution in [2.45, 2.75) is 13.0 Å². The van der Waals surface area contributed by atoms with Gasteiger partial charge in [0.15, 0.2) is 0 Å². The van der Waals surface area contributed by atoms with E-state index in [-0.39, 0.29) is 11.9 Å². The van der Waals surface area contributed by atoms with E-state index in [4.69, 9.17) is 0 Å². The number of carbonyl (C=O) groups is 1. The monoisotopic (exact) mass is 211 g/mol. The van der Waals surface area contributed by atoms with E-state index in [1.807, 2.05) is 24.1 Å². The number of nitrogens with zero attached hydrogens (tertiary/aromatic N) is 3. The molecule has 1 aliphatic rings. The molecule has 1 unspecified atom stereocenters. The number of rotatable bonds is 2. The standard InChI is InChI=1S/C9H13N3OS/c1-8(12-4-2-3-10-12)9(13)11-5-6-14-7-11/h2-4,8H,5-7H2,1H3. The zero-order valence-corrected chi connectivity index (χ0v) is 8.91. The van der Waals surface area contributed by atoms with Crippen LogP contribution in [0.3, 0.4) is 0 Å². The Balaban J connectivity index is 2.04. The minimum atomic E-state index is -0.177. The fourth-order valence-corrected chi connectivity index (χ4v) is 2.43. The minimum Gasteiger partial charge on any atom is -0.331 e. The summed E-state index contributed by atoms with van der Waals surface area (Å²) < 4.78 is 1.70. The molecule has 4 nitrogen and oxygen atoms in total. The topological polar surface area (TPSA) is 38.1 Å². The molecule has 0 N–H and O–H groups in total. The van der Waals surface area contributed by atoms with Crippen LogP contribution < -0.4 is 0 Å². The third kappa shape index (κ3) is 1.77. The maximum absolute atomic E-state index is 11.9. The lowest BCUT2D eigenvalue weighted by Gasteiger charge is -2.19. The normalized spacial score (nSPS) is 18.5. The van der Waals surface area contributed by atoms with Crippen molar-refractivity contribution in [2.24, 2.45) is 0 Å². The lowest BCUT2D eigenvalue weighted by molar-refractivity contribution is -0.133. The second-order valence-electron chi connectivity index (χ2n) is 3.30. The summed E-state index contributed by atoms with van der Waals surface area (Å²) in [6.45, 7) is 2.76. The molecule has 1 aromatic rings. The second kappa shape index (κ2) is 4.04. The molecule has 1 aliphatic heterocycles. The molecule has 0 spiro atoms. The molecule has 0 aliphatic carbocycles. The molecule has 1 saturated heterocycles. The highest BCUT2D eigenvalue weighted by atomic mass is 32.2. The third-order valence-corrected chi connectivity index (χ3v) is 3.31. The van der Waals surface area contributed by atoms with Crippen molar-refractivity contribution in [1.82, 2.24) is 14.7 Å². The van der Waals surface area contributed by atoms with Crippen LogP contribution in [0.4, 0.5) is 0 Å². The van der Waals surface area contributed by atoms with Crippen molar-refractivity contribution in [3.63, 3.8) is 0 Å². The predicted molar refractivity (Wildman–Crippen MR) is 56.0 cm³/mol. The second-order valence-corrected chi connectivity index (χ2v) is 4.38. The third-order valence-electron chi connectivity index (χ3n) is 2.34. The van der Waals surface area contributed by atoms with E-state index in [2.05, 4.69) is 5.10 Å². The maximum Gasteiger partial charge on any atom is 0.247 e. The van der Waals surface area contributed by atoms with E-state index in [9.17, 15) is 4.79 Å². The Morgan fingerprint density at radius 1 is 1.64 bits per heavy atom. The van der Waals surface area contributed by atoms with Gasteiger partial charge in [0, 0.05) is 24.7 Å². The first kappa shape index (κ1) is 9.58. The highest BCUT2D eigenvalue weighted by molar-refractivity contribution is 7.99. The smallest absolute Gasteiger partial charge is 0.247 e. The largest absolute Gasteiger partial charge is 0.331 e. The Kier molecular flexibility index (Phi) is 2.77. The summed E-state index contributed by atoms with van der Waals surface area (Å²) in [6.07, 6.45) is 3.52. The van der Waals surface area contributed by atoms with Gasteiger partial charge >= 0.3 is 0 Å². The van der Waals surface area contributed by atoms with Gasteiger partial charge in [0.2, 0.25) is 5.91 Å². The summed E-state index contributed by atoms with van der Waals surface area (Å²) >= 11 is 1.80. The SMILES string of the molecule is CC(C(=O)N1CCSC1)n1cccn1. The Hall–Kier alpha value is -0.970. The van der Waals surface area contributed by atoms with E-state index in [0.29, 0.717) is 0 Å². The number of hydrogen-bond donors (Lipinski definition) is 0. The summed E-state index contributed by atoms with van der Waals surface area (Å²) in [4.78, 5) is 13.8. The molecule has 0 saturated carbocycles. The van der Waals surface area contributed by atoms with Gasteiger partial charge in [-0.2, -0.15) is 5.10 Å². The van der Waals surface area contributed by atoms with Crippen LogP contribution in [0.2, 0.25) is 0 Å². The minimum absolute atomic E-state index is 0.165. The van der Waals surface area contributed by atoms with Crippen LogP contribution >= 0.6 is 11.8 Å². The fourth-order valence-electron chi connectivity index (χ4n) is 1.47. The summed E-state index contributed by atoms with van der Waals surface area (Å²) in [5, 5.41) is 4.07. The number of aromatic nitrogens is 2. The van der Waals surface area contributed by atoms with E-state index >= 15 is 0 Å². The summed E-state index contributed by atoms with van der Waals surface area (Å²) in [7, 11) is 0. The van der Waals surface area contributed by atoms with Crippen LogP contribution in [0, 0.1) is 0 Å². The summed E-state index contributed by atoms with van der Waals surface area (Å²) in [5.74, 6) is 2.04. The molecular weight excluding hydrogens is 198 g/mol. The molecule has 1 amide bonds. The molecule has 1 fully saturated rings. The average Bonchev–Trinajstić information content (AvgIpc) is 2.87. The van der Waals surface area contributed by atoms with Crippen LogP contribution in [-0.4, -0.2) is 38.8 Å². The number of amides is 1. The Morgan fingerprint density at radius 3 is 3.07 bits per heavy atom. The van der Waals surface area contributed by atoms with Crippen LogP contribution in [0.25, 0.3) is 0 Å². The van der Waals surface area contributed by atoms with Gasteiger partial charge < -0.3 is 4.90 Å². The Bertz CT molecular complexity index is 306. The number of carbonyl (C=O) groups excluding carboxylic acids is 1. The molecular formula is C9H13N3OS. The molecule has 76 valence electrons. The molecule has 0 aromatic carbocycles. The quantitative estimate of drug-likeness (QED) is 0.732. The Labute approximate surface area is 87.3 Å². The van der Waals surface area contributed by atoms with Crippen LogP contribution in [0.1, 0.15) is 13.0 Å². The van der Waals surface area contributed by atoms with Crippen molar-refractivity contribution in [3.05, 3.63) is 18.5 Å². The fraction of sp³-hybridized carbons (Fsp3) is 0.556. The van der Waals surface area contributed by atoms with E-state index in [1.165, 1.54) is 0 Å². The lowest BCUT2D eigenvalue weighted by atomic mass is 10.3. The van der Waals surface area contributed by atoms with Crippen molar-refractivity contribution in [1.29, 1.82) is 0 Å². The predicted octanol–water partition coefficient (Wildman–Crippen LogP) is 0.977. The number of hydrogen-bond acceptors (Lipinski definition) is 3. The van der Waals surface area contributed by atoms with E-state index in [0.717, 1.165) is 18.2 Å². The van der Waals surface area contributed by atoms with Gasteiger partial charge in [0.1, 0.15) is 6.04 Å². The summed E-state index contributed by atoms with van der Waals surface area (Å²) in [6, 6.07) is 1.66. The van der Waals surface area contributed by atoms with Gasteiger partial charge in [-0.05, 0) is 13.0 Å². The molecule has 1 atom stereocenters. The van der Waals surface area contributed by atoms with Gasteiger partial charge in [-0.1, -0.05) is 0 Å². The maximum atomic E-state index is 11.9. The van der Waals surface area contributed by atoms with E-state index < -0.39 is 0 Å². The van der Waals surface area contributed by atoms with Crippen molar-refractivity contribution in [3.8, 4) is 0 Å². The van der Waals surface area contributed by atoms with Crippen molar-refractivity contribution >= 4 is 17.7 Å². The van der Waals surface area contributed by atoms with Crippen LogP contribution in [0.15, 0.2) is 18.5 Å². The van der Waals surface area contributed by atoms with Gasteiger partial charge in [-0.15, -0.1) is 11.8 Å². The highest BCUT2D eigenvalue weighted by Gasteiger charge is 2.24. The molecule has 2 rings (SSSR count). The van der Waals surface area contributed by atoms with Gasteiger partial charge in [0.25, 0.3) is 0 Å². The highest BCUT2D eigenvalue weighted by Crippen LogP contribution is 2.17. The van der Waals surface area contributed by atoms with Crippen molar-refractivity contribution < 1.29 is 4.79 Å². The lowest BCUT2D eigenvalue weighted by Crippen LogP contribution is -2.34. The first-order valence-corrected chi connectivity index (χ1v) is 5.80. The van der Waals surface area contributed by atoms with Gasteiger partial charge in [-0.3, -0.25) is 9.48 Å². The molecule has 5 heteroatoms. The molecule has 2 heterocycles. The molecule has 1 aromatic heterocycles. The first-order valence-electron chi connectivity index (χ1n) is 4.64. The zero-order chi connectivity index (χ0) is 9.97. The van der Waals surface area contributed by atoms with Gasteiger partial charge in [0.05, 0.1) is 5.88 Å². The van der Waals surface area contributed by atoms with Crippen molar-refractivity contribution in [2.75, 3.05) is 18.2 Å². The van der Waals surface area contributed by atoms with E-state index in [1.54, 1.807) is 22.6 Å². The average molecular weight is 211 g/mol. The zero-order valence-electron chi connectivity index (χ0n) is 8.09. The molecule has 0 bridgehead atoms. The number of thioether (sulfide) groups is 1. The molecule has 14 heavy (non-hydrogen) atoms. The van der Waals surface area contributed by atoms with Crippen LogP contribution in [-0.2, 0) is 4.79 Å². The first-order chi connectivity index (χ1) is 6.79.